The molecule has 1 aromatic carbocycles. The van der Waals surface area contributed by atoms with Gasteiger partial charge in [0, 0.05) is 55.7 Å². The van der Waals surface area contributed by atoms with Gasteiger partial charge in [-0.25, -0.2) is 17.6 Å². The van der Waals surface area contributed by atoms with E-state index in [0.29, 0.717) is 11.3 Å². The summed E-state index contributed by atoms with van der Waals surface area (Å²) in [6.45, 7) is 5.08. The Hall–Kier alpha value is -2.70. The number of hydrogen-bond acceptors (Lipinski definition) is 2. The normalized spacial score (nSPS) is 21.8. The maximum absolute atomic E-state index is 14.7. The Morgan fingerprint density at radius 2 is 2.03 bits per heavy atom. The lowest BCUT2D eigenvalue weighted by Crippen LogP contribution is -2.14. The van der Waals surface area contributed by atoms with E-state index in [1.165, 1.54) is 24.5 Å². The molecule has 1 heterocycles. The molecule has 1 fully saturated rings. The summed E-state index contributed by atoms with van der Waals surface area (Å²) in [5.74, 6) is -5.77. The van der Waals surface area contributed by atoms with Gasteiger partial charge in [-0.2, -0.15) is 5.10 Å². The number of nitrogens with zero attached hydrogens (tertiary/aromatic N) is 3. The first kappa shape index (κ1) is 21.0. The molecule has 0 N–H and O–H groups in total. The Bertz CT molecular complexity index is 959. The summed E-state index contributed by atoms with van der Waals surface area (Å²) in [7, 11) is 1.70. The molecule has 1 aliphatic carbocycles. The molecule has 1 aromatic heterocycles. The molecule has 7 heteroatoms. The van der Waals surface area contributed by atoms with Crippen molar-refractivity contribution in [3.05, 3.63) is 71.7 Å². The fourth-order valence-electron chi connectivity index (χ4n) is 4.05. The van der Waals surface area contributed by atoms with E-state index >= 15 is 0 Å². The number of aromatic nitrogens is 2. The fourth-order valence-corrected chi connectivity index (χ4v) is 4.05. The highest BCUT2D eigenvalue weighted by Crippen LogP contribution is 2.49. The quantitative estimate of drug-likeness (QED) is 0.449. The topological polar surface area (TPSA) is 30.2 Å². The second-order valence-electron chi connectivity index (χ2n) is 7.45. The lowest BCUT2D eigenvalue weighted by molar-refractivity contribution is 0.00402. The van der Waals surface area contributed by atoms with Gasteiger partial charge in [0.25, 0.3) is 0 Å². The van der Waals surface area contributed by atoms with E-state index in [1.807, 2.05) is 0 Å². The smallest absolute Gasteiger partial charge is 0.249 e. The predicted octanol–water partition coefficient (Wildman–Crippen LogP) is 5.69. The predicted molar refractivity (Wildman–Crippen MR) is 106 cm³/mol. The molecular formula is C22H23F4N3. The first-order valence-corrected chi connectivity index (χ1v) is 9.37. The van der Waals surface area contributed by atoms with Gasteiger partial charge in [-0.1, -0.05) is 18.7 Å². The average Bonchev–Trinajstić information content (AvgIpc) is 3.21. The number of alkyl halides is 2. The maximum Gasteiger partial charge on any atom is 0.249 e. The highest BCUT2D eigenvalue weighted by atomic mass is 19.3. The molecule has 1 saturated carbocycles. The number of halogens is 4. The van der Waals surface area contributed by atoms with Gasteiger partial charge in [0.1, 0.15) is 0 Å². The van der Waals surface area contributed by atoms with Gasteiger partial charge in [-0.05, 0) is 42.5 Å². The van der Waals surface area contributed by atoms with Crippen molar-refractivity contribution in [2.24, 2.45) is 18.0 Å². The maximum atomic E-state index is 14.7. The molecule has 2 atom stereocenters. The van der Waals surface area contributed by atoms with E-state index in [2.05, 4.69) is 16.7 Å². The molecule has 3 nitrogen and oxygen atoms in total. The molecule has 2 unspecified atom stereocenters. The third-order valence-electron chi connectivity index (χ3n) is 5.47. The zero-order valence-electron chi connectivity index (χ0n) is 16.4. The van der Waals surface area contributed by atoms with E-state index in [-0.39, 0.29) is 30.4 Å². The van der Waals surface area contributed by atoms with Crippen LogP contribution in [0.25, 0.3) is 5.57 Å². The van der Waals surface area contributed by atoms with Gasteiger partial charge in [-0.15, -0.1) is 0 Å². The first-order valence-electron chi connectivity index (χ1n) is 9.37. The van der Waals surface area contributed by atoms with Crippen LogP contribution in [0.2, 0.25) is 0 Å². The number of rotatable bonds is 6. The van der Waals surface area contributed by atoms with Crippen molar-refractivity contribution >= 4 is 11.8 Å². The lowest BCUT2D eigenvalue weighted by atomic mass is 9.86. The third-order valence-corrected chi connectivity index (χ3v) is 5.47. The molecule has 3 rings (SSSR count). The van der Waals surface area contributed by atoms with Crippen molar-refractivity contribution in [2.75, 3.05) is 0 Å². The molecule has 0 bridgehead atoms. The van der Waals surface area contributed by atoms with Gasteiger partial charge in [0.15, 0.2) is 11.6 Å². The van der Waals surface area contributed by atoms with Gasteiger partial charge in [0.2, 0.25) is 5.92 Å². The molecule has 154 valence electrons. The van der Waals surface area contributed by atoms with E-state index in [4.69, 9.17) is 0 Å². The summed E-state index contributed by atoms with van der Waals surface area (Å²) in [5.41, 5.74) is 1.40. The summed E-state index contributed by atoms with van der Waals surface area (Å²) >= 11 is 0. The van der Waals surface area contributed by atoms with Crippen molar-refractivity contribution < 1.29 is 17.6 Å². The van der Waals surface area contributed by atoms with Gasteiger partial charge in [-0.3, -0.25) is 9.67 Å². The summed E-state index contributed by atoms with van der Waals surface area (Å²) in [4.78, 5) is 3.80. The van der Waals surface area contributed by atoms with Crippen LogP contribution in [0, 0.1) is 17.6 Å². The SMILES string of the molecule is C=C/N=C\C=C(/C)c1ccc(CC2CC(F)(F)CC2c2ccnn2C)c(F)c1F. The average molecular weight is 405 g/mol. The van der Waals surface area contributed by atoms with E-state index < -0.39 is 29.4 Å². The molecule has 2 aromatic rings. The highest BCUT2D eigenvalue weighted by Gasteiger charge is 2.47. The van der Waals surface area contributed by atoms with Crippen LogP contribution in [0.4, 0.5) is 17.6 Å². The summed E-state index contributed by atoms with van der Waals surface area (Å²) in [6.07, 6.45) is 5.24. The van der Waals surface area contributed by atoms with Gasteiger partial charge >= 0.3 is 0 Å². The van der Waals surface area contributed by atoms with Crippen LogP contribution in [-0.4, -0.2) is 21.9 Å². The second-order valence-corrected chi connectivity index (χ2v) is 7.45. The van der Waals surface area contributed by atoms with Crippen molar-refractivity contribution in [1.29, 1.82) is 0 Å². The summed E-state index contributed by atoms with van der Waals surface area (Å²) in [6, 6.07) is 4.66. The summed E-state index contributed by atoms with van der Waals surface area (Å²) < 4.78 is 59.2. The largest absolute Gasteiger partial charge is 0.272 e. The molecule has 0 spiro atoms. The molecule has 0 saturated heterocycles. The number of hydrogen-bond donors (Lipinski definition) is 0. The van der Waals surface area contributed by atoms with Crippen molar-refractivity contribution in [3.63, 3.8) is 0 Å². The van der Waals surface area contributed by atoms with E-state index in [9.17, 15) is 17.6 Å². The Kier molecular flexibility index (Phi) is 6.05. The van der Waals surface area contributed by atoms with Gasteiger partial charge < -0.3 is 0 Å². The van der Waals surface area contributed by atoms with Crippen molar-refractivity contribution in [1.82, 2.24) is 9.78 Å². The highest BCUT2D eigenvalue weighted by molar-refractivity contribution is 5.84. The van der Waals surface area contributed by atoms with E-state index in [1.54, 1.807) is 37.0 Å². The minimum Gasteiger partial charge on any atom is -0.272 e. The Morgan fingerprint density at radius 1 is 1.28 bits per heavy atom. The van der Waals surface area contributed by atoms with Crippen molar-refractivity contribution in [3.8, 4) is 0 Å². The van der Waals surface area contributed by atoms with Crippen LogP contribution in [0.1, 0.15) is 42.5 Å². The molecule has 0 amide bonds. The van der Waals surface area contributed by atoms with Crippen LogP contribution in [0.5, 0.6) is 0 Å². The van der Waals surface area contributed by atoms with Crippen LogP contribution in [-0.2, 0) is 13.5 Å². The number of aryl methyl sites for hydroxylation is 1. The number of aliphatic imine (C=N–C) groups is 1. The summed E-state index contributed by atoms with van der Waals surface area (Å²) in [5, 5.41) is 4.06. The zero-order chi connectivity index (χ0) is 21.2. The molecule has 0 radical (unpaired) electrons. The lowest BCUT2D eigenvalue weighted by Gasteiger charge is -2.20. The Labute approximate surface area is 167 Å². The molecule has 1 aliphatic rings. The minimum atomic E-state index is -2.83. The van der Waals surface area contributed by atoms with Crippen molar-refractivity contribution in [2.45, 2.75) is 38.0 Å². The minimum absolute atomic E-state index is 0.0369. The van der Waals surface area contributed by atoms with Crippen LogP contribution >= 0.6 is 0 Å². The molecule has 0 aliphatic heterocycles. The second kappa shape index (κ2) is 8.35. The standard InChI is InChI=1S/C22H23F4N3/c1-4-27-9-7-14(2)17-6-5-15(20(23)21(17)24)11-16-12-22(25,26)13-18(16)19-8-10-28-29(19)3/h4-10,16,18H,1,11-13H2,2-3H3/b14-7+,27-9-. The third kappa shape index (κ3) is 4.49. The van der Waals surface area contributed by atoms with Gasteiger partial charge in [0.05, 0.1) is 0 Å². The Morgan fingerprint density at radius 3 is 2.69 bits per heavy atom. The molecular weight excluding hydrogens is 382 g/mol. The fraction of sp³-hybridized carbons (Fsp3) is 0.364. The van der Waals surface area contributed by atoms with E-state index in [0.717, 1.165) is 0 Å². The van der Waals surface area contributed by atoms with Crippen LogP contribution in [0.15, 0.2) is 48.2 Å². The monoisotopic (exact) mass is 405 g/mol. The van der Waals surface area contributed by atoms with Crippen LogP contribution < -0.4 is 0 Å². The Balaban J connectivity index is 1.88. The van der Waals surface area contributed by atoms with Crippen LogP contribution in [0.3, 0.4) is 0 Å². The first-order chi connectivity index (χ1) is 13.7. The zero-order valence-corrected chi connectivity index (χ0v) is 16.4. The molecule has 29 heavy (non-hydrogen) atoms. The number of benzene rings is 1. The number of allylic oxidation sites excluding steroid dienone is 2.